The smallest absolute Gasteiger partial charge is 0.0945 e. The average Bonchev–Trinajstić information content (AvgIpc) is 2.84. The minimum absolute atomic E-state index is 1.13. The molecule has 0 unspecified atom stereocenters. The zero-order valence-corrected chi connectivity index (χ0v) is 9.88. The second kappa shape index (κ2) is 4.18. The van der Waals surface area contributed by atoms with Crippen LogP contribution in [0, 0.1) is 0 Å². The molecular weight excluding hydrogens is 200 g/mol. The summed E-state index contributed by atoms with van der Waals surface area (Å²) in [5, 5.41) is 0. The van der Waals surface area contributed by atoms with Crippen LogP contribution in [-0.4, -0.2) is 64.7 Å². The van der Waals surface area contributed by atoms with Crippen LogP contribution < -0.4 is 0 Å². The molecule has 3 aliphatic rings. The van der Waals surface area contributed by atoms with Crippen molar-refractivity contribution in [1.82, 2.24) is 14.5 Å². The number of hydrogen-bond acceptors (Lipinski definition) is 2. The third kappa shape index (κ3) is 1.99. The van der Waals surface area contributed by atoms with Gasteiger partial charge in [0.1, 0.15) is 0 Å². The van der Waals surface area contributed by atoms with E-state index in [1.54, 1.807) is 0 Å². The first-order chi connectivity index (χ1) is 7.86. The maximum atomic E-state index is 4.08. The number of imidazole rings is 1. The third-order valence-electron chi connectivity index (χ3n) is 4.28. The molecular formula is C12H21N4+. The van der Waals surface area contributed by atoms with Crippen LogP contribution in [0.2, 0.25) is 0 Å². The number of aromatic nitrogens is 2. The Morgan fingerprint density at radius 2 is 1.88 bits per heavy atom. The number of nitrogens with zero attached hydrogens (tertiary/aromatic N) is 4. The highest BCUT2D eigenvalue weighted by molar-refractivity contribution is 4.74. The van der Waals surface area contributed by atoms with Gasteiger partial charge in [-0.25, -0.2) is 4.98 Å². The lowest BCUT2D eigenvalue weighted by atomic mass is 10.1. The van der Waals surface area contributed by atoms with Gasteiger partial charge in [-0.15, -0.1) is 0 Å². The first-order valence-corrected chi connectivity index (χ1v) is 6.40. The molecule has 3 aliphatic heterocycles. The number of aryl methyl sites for hydroxylation is 1. The molecule has 0 aromatic carbocycles. The van der Waals surface area contributed by atoms with Gasteiger partial charge in [-0.2, -0.15) is 0 Å². The van der Waals surface area contributed by atoms with Gasteiger partial charge in [-0.05, 0) is 0 Å². The molecule has 0 aliphatic carbocycles. The minimum atomic E-state index is 1.13. The summed E-state index contributed by atoms with van der Waals surface area (Å²) in [7, 11) is 0. The maximum absolute atomic E-state index is 4.08. The van der Waals surface area contributed by atoms with Crippen LogP contribution in [0.1, 0.15) is 6.42 Å². The predicted molar refractivity (Wildman–Crippen MR) is 63.0 cm³/mol. The standard InChI is InChI=1S/C12H21N4/c1(3-15-4-2-13-12-15)8-16-9-5-14(6-10-16)7-11-16/h2,4,12H,1,3,5-11H2/q+1. The monoisotopic (exact) mass is 221 g/mol. The molecule has 3 saturated heterocycles. The van der Waals surface area contributed by atoms with Gasteiger partial charge < -0.3 is 9.05 Å². The lowest BCUT2D eigenvalue weighted by molar-refractivity contribution is -0.941. The third-order valence-corrected chi connectivity index (χ3v) is 4.28. The Labute approximate surface area is 97.1 Å². The molecule has 1 aromatic heterocycles. The molecule has 0 N–H and O–H groups in total. The lowest BCUT2D eigenvalue weighted by Gasteiger charge is -2.50. The summed E-state index contributed by atoms with van der Waals surface area (Å²) >= 11 is 0. The number of piperazine rings is 3. The predicted octanol–water partition coefficient (Wildman–Crippen LogP) is 0.419. The molecule has 2 bridgehead atoms. The normalized spacial score (nSPS) is 33.1. The van der Waals surface area contributed by atoms with E-state index in [1.807, 2.05) is 12.5 Å². The molecule has 0 radical (unpaired) electrons. The lowest BCUT2D eigenvalue weighted by Crippen LogP contribution is -2.67. The second-order valence-corrected chi connectivity index (χ2v) is 5.23. The van der Waals surface area contributed by atoms with Crippen molar-refractivity contribution in [2.24, 2.45) is 0 Å². The Morgan fingerprint density at radius 1 is 1.12 bits per heavy atom. The topological polar surface area (TPSA) is 21.1 Å². The van der Waals surface area contributed by atoms with Crippen LogP contribution in [0.15, 0.2) is 18.7 Å². The van der Waals surface area contributed by atoms with Gasteiger partial charge >= 0.3 is 0 Å². The largest absolute Gasteiger partial charge is 0.337 e. The molecule has 1 aromatic rings. The molecule has 16 heavy (non-hydrogen) atoms. The Hall–Kier alpha value is -0.870. The summed E-state index contributed by atoms with van der Waals surface area (Å²) in [5.41, 5.74) is 0. The Morgan fingerprint density at radius 3 is 2.50 bits per heavy atom. The van der Waals surface area contributed by atoms with Crippen LogP contribution >= 0.6 is 0 Å². The van der Waals surface area contributed by atoms with Gasteiger partial charge in [0.05, 0.1) is 32.5 Å². The van der Waals surface area contributed by atoms with E-state index in [9.17, 15) is 0 Å². The summed E-state index contributed by atoms with van der Waals surface area (Å²) in [6.07, 6.45) is 7.14. The molecule has 0 spiro atoms. The second-order valence-electron chi connectivity index (χ2n) is 5.23. The zero-order valence-electron chi connectivity index (χ0n) is 9.88. The van der Waals surface area contributed by atoms with Crippen molar-refractivity contribution in [3.8, 4) is 0 Å². The fraction of sp³-hybridized carbons (Fsp3) is 0.750. The quantitative estimate of drug-likeness (QED) is 0.687. The molecule has 0 atom stereocenters. The minimum Gasteiger partial charge on any atom is -0.337 e. The first-order valence-electron chi connectivity index (χ1n) is 6.40. The van der Waals surface area contributed by atoms with E-state index in [-0.39, 0.29) is 0 Å². The fourth-order valence-electron chi connectivity index (χ4n) is 3.07. The van der Waals surface area contributed by atoms with Gasteiger partial charge in [-0.1, -0.05) is 0 Å². The van der Waals surface area contributed by atoms with Gasteiger partial charge in [0, 0.05) is 45.0 Å². The maximum Gasteiger partial charge on any atom is 0.0945 e. The van der Waals surface area contributed by atoms with Gasteiger partial charge in [0.2, 0.25) is 0 Å². The van der Waals surface area contributed by atoms with E-state index in [0.717, 1.165) is 6.54 Å². The highest BCUT2D eigenvalue weighted by Gasteiger charge is 2.37. The SMILES string of the molecule is c1cn(CCC[N+]23CCN(CC2)CC3)cn1. The highest BCUT2D eigenvalue weighted by atomic mass is 15.4. The van der Waals surface area contributed by atoms with Crippen molar-refractivity contribution < 1.29 is 4.48 Å². The Bertz CT molecular complexity index is 311. The van der Waals surface area contributed by atoms with Gasteiger partial charge in [0.15, 0.2) is 0 Å². The van der Waals surface area contributed by atoms with Gasteiger partial charge in [-0.3, -0.25) is 4.90 Å². The van der Waals surface area contributed by atoms with E-state index >= 15 is 0 Å². The van der Waals surface area contributed by atoms with E-state index in [4.69, 9.17) is 0 Å². The number of fused-ring (bicyclic) bond motifs is 3. The Balaban J connectivity index is 1.50. The zero-order chi connectivity index (χ0) is 10.8. The molecule has 4 rings (SSSR count). The van der Waals surface area contributed by atoms with E-state index in [0.29, 0.717) is 0 Å². The molecule has 0 amide bonds. The summed E-state index contributed by atoms with van der Waals surface area (Å²) in [4.78, 5) is 6.69. The molecule has 4 heteroatoms. The van der Waals surface area contributed by atoms with Crippen molar-refractivity contribution in [1.29, 1.82) is 0 Å². The van der Waals surface area contributed by atoms with Crippen molar-refractivity contribution >= 4 is 0 Å². The molecule has 0 saturated carbocycles. The van der Waals surface area contributed by atoms with Gasteiger partial charge in [0.25, 0.3) is 0 Å². The van der Waals surface area contributed by atoms with Crippen molar-refractivity contribution in [3.05, 3.63) is 18.7 Å². The van der Waals surface area contributed by atoms with E-state index in [2.05, 4.69) is 20.6 Å². The molecule has 4 heterocycles. The summed E-state index contributed by atoms with van der Waals surface area (Å²) in [5.74, 6) is 0. The number of rotatable bonds is 4. The van der Waals surface area contributed by atoms with Crippen LogP contribution in [0.3, 0.4) is 0 Å². The van der Waals surface area contributed by atoms with Crippen molar-refractivity contribution in [2.45, 2.75) is 13.0 Å². The number of hydrogen-bond donors (Lipinski definition) is 0. The van der Waals surface area contributed by atoms with Crippen molar-refractivity contribution in [2.75, 3.05) is 45.8 Å². The summed E-state index contributed by atoms with van der Waals surface area (Å²) in [6, 6.07) is 0. The van der Waals surface area contributed by atoms with Crippen LogP contribution in [-0.2, 0) is 6.54 Å². The summed E-state index contributed by atoms with van der Waals surface area (Å²) in [6.45, 7) is 10.6. The summed E-state index contributed by atoms with van der Waals surface area (Å²) < 4.78 is 3.57. The first kappa shape index (κ1) is 10.3. The van der Waals surface area contributed by atoms with Crippen LogP contribution in [0.25, 0.3) is 0 Å². The fourth-order valence-corrected chi connectivity index (χ4v) is 3.07. The highest BCUT2D eigenvalue weighted by Crippen LogP contribution is 2.19. The average molecular weight is 221 g/mol. The molecule has 88 valence electrons. The van der Waals surface area contributed by atoms with Crippen molar-refractivity contribution in [3.63, 3.8) is 0 Å². The molecule has 4 nitrogen and oxygen atoms in total. The van der Waals surface area contributed by atoms with Crippen LogP contribution in [0.4, 0.5) is 0 Å². The van der Waals surface area contributed by atoms with E-state index < -0.39 is 0 Å². The van der Waals surface area contributed by atoms with E-state index in [1.165, 1.54) is 56.7 Å². The molecule has 3 fully saturated rings. The number of quaternary nitrogens is 1. The Kier molecular flexibility index (Phi) is 2.69. The van der Waals surface area contributed by atoms with Crippen LogP contribution in [0.5, 0.6) is 0 Å².